The Balaban J connectivity index is 1.23. The van der Waals surface area contributed by atoms with Crippen molar-refractivity contribution < 1.29 is 37.0 Å². The fraction of sp³-hybridized carbons (Fsp3) is 0.630. The topological polar surface area (TPSA) is 68.3 Å². The van der Waals surface area contributed by atoms with Gasteiger partial charge in [-0.1, -0.05) is 12.1 Å². The van der Waals surface area contributed by atoms with Gasteiger partial charge in [0.15, 0.2) is 17.7 Å². The maximum atomic E-state index is 14.8. The molecule has 0 saturated carbocycles. The molecule has 37 heavy (non-hydrogen) atoms. The van der Waals surface area contributed by atoms with E-state index in [0.29, 0.717) is 65.3 Å². The van der Waals surface area contributed by atoms with Gasteiger partial charge in [-0.3, -0.25) is 4.79 Å². The lowest BCUT2D eigenvalue weighted by atomic mass is 9.85. The van der Waals surface area contributed by atoms with Gasteiger partial charge in [0.2, 0.25) is 5.91 Å². The standard InChI is InChI=1S/C27H35F3N2O5/c28-16-23(17-29)37-27(34)32-9-7-19(8-10-32)18-36-25-6-5-22(15-24(25)30)20-1-3-21(4-2-20)26(33)31-11-13-35-14-12-31/h1,5-6,15,19,21,23H,2-4,7-14,16-18H2. The van der Waals surface area contributed by atoms with Gasteiger partial charge in [-0.15, -0.1) is 0 Å². The van der Waals surface area contributed by atoms with Gasteiger partial charge < -0.3 is 24.0 Å². The smallest absolute Gasteiger partial charge is 0.410 e. The molecule has 1 aliphatic carbocycles. The summed E-state index contributed by atoms with van der Waals surface area (Å²) in [6.07, 6.45) is 3.35. The second-order valence-electron chi connectivity index (χ2n) is 9.84. The van der Waals surface area contributed by atoms with Crippen LogP contribution >= 0.6 is 0 Å². The Hall–Kier alpha value is -2.75. The van der Waals surface area contributed by atoms with Gasteiger partial charge in [-0.2, -0.15) is 0 Å². The molecule has 7 nitrogen and oxygen atoms in total. The highest BCUT2D eigenvalue weighted by Gasteiger charge is 2.28. The van der Waals surface area contributed by atoms with E-state index in [1.54, 1.807) is 6.07 Å². The van der Waals surface area contributed by atoms with Crippen molar-refractivity contribution in [1.29, 1.82) is 0 Å². The molecule has 1 aromatic rings. The minimum atomic E-state index is -1.36. The molecule has 2 heterocycles. The van der Waals surface area contributed by atoms with Crippen LogP contribution in [0.15, 0.2) is 24.3 Å². The number of morpholine rings is 1. The van der Waals surface area contributed by atoms with Crippen molar-refractivity contribution >= 4 is 17.6 Å². The molecule has 1 aromatic carbocycles. The van der Waals surface area contributed by atoms with Crippen molar-refractivity contribution in [2.24, 2.45) is 11.8 Å². The molecule has 2 fully saturated rings. The highest BCUT2D eigenvalue weighted by Crippen LogP contribution is 2.33. The molecule has 2 aliphatic heterocycles. The van der Waals surface area contributed by atoms with Crippen molar-refractivity contribution in [3.05, 3.63) is 35.7 Å². The molecule has 0 N–H and O–H groups in total. The van der Waals surface area contributed by atoms with E-state index >= 15 is 0 Å². The number of carbonyl (C=O) groups excluding carboxylic acids is 2. The zero-order valence-corrected chi connectivity index (χ0v) is 21.0. The maximum absolute atomic E-state index is 14.8. The lowest BCUT2D eigenvalue weighted by Crippen LogP contribution is -2.44. The van der Waals surface area contributed by atoms with Crippen molar-refractivity contribution in [1.82, 2.24) is 9.80 Å². The van der Waals surface area contributed by atoms with Crippen molar-refractivity contribution in [3.8, 4) is 5.75 Å². The van der Waals surface area contributed by atoms with E-state index in [0.717, 1.165) is 24.0 Å². The van der Waals surface area contributed by atoms with Crippen molar-refractivity contribution in [2.45, 2.75) is 38.2 Å². The van der Waals surface area contributed by atoms with Gasteiger partial charge in [-0.25, -0.2) is 18.0 Å². The second kappa shape index (κ2) is 13.2. The van der Waals surface area contributed by atoms with E-state index in [2.05, 4.69) is 0 Å². The highest BCUT2D eigenvalue weighted by atomic mass is 19.1. The normalized spacial score (nSPS) is 21.1. The summed E-state index contributed by atoms with van der Waals surface area (Å²) in [5.41, 5.74) is 1.84. The predicted molar refractivity (Wildman–Crippen MR) is 131 cm³/mol. The molecule has 4 rings (SSSR count). The molecule has 0 aromatic heterocycles. The summed E-state index contributed by atoms with van der Waals surface area (Å²) in [6, 6.07) is 4.96. The minimum absolute atomic E-state index is 0.0311. The first-order chi connectivity index (χ1) is 18.0. The van der Waals surface area contributed by atoms with Crippen LogP contribution in [0.1, 0.15) is 37.7 Å². The van der Waals surface area contributed by atoms with Crippen LogP contribution in [0.2, 0.25) is 0 Å². The summed E-state index contributed by atoms with van der Waals surface area (Å²) in [5.74, 6) is 0.0187. The van der Waals surface area contributed by atoms with E-state index in [1.807, 2.05) is 17.0 Å². The number of allylic oxidation sites excluding steroid dienone is 2. The Morgan fingerprint density at radius 3 is 2.38 bits per heavy atom. The van der Waals surface area contributed by atoms with Crippen LogP contribution in [-0.2, 0) is 14.3 Å². The van der Waals surface area contributed by atoms with Crippen LogP contribution in [0.25, 0.3) is 5.57 Å². The fourth-order valence-corrected chi connectivity index (χ4v) is 4.99. The molecule has 0 spiro atoms. The molecule has 0 bridgehead atoms. The Morgan fingerprint density at radius 2 is 1.76 bits per heavy atom. The van der Waals surface area contributed by atoms with E-state index in [-0.39, 0.29) is 23.5 Å². The molecule has 2 amide bonds. The van der Waals surface area contributed by atoms with E-state index in [9.17, 15) is 22.8 Å². The molecule has 2 saturated heterocycles. The lowest BCUT2D eigenvalue weighted by Gasteiger charge is -2.32. The number of amides is 2. The summed E-state index contributed by atoms with van der Waals surface area (Å²) in [6.45, 7) is 1.45. The van der Waals surface area contributed by atoms with E-state index < -0.39 is 31.4 Å². The molecule has 0 radical (unpaired) electrons. The number of hydrogen-bond donors (Lipinski definition) is 0. The van der Waals surface area contributed by atoms with Gasteiger partial charge in [0.1, 0.15) is 13.3 Å². The third kappa shape index (κ3) is 7.18. The fourth-order valence-electron chi connectivity index (χ4n) is 4.99. The first kappa shape index (κ1) is 27.3. The summed E-state index contributed by atoms with van der Waals surface area (Å²) >= 11 is 0. The van der Waals surface area contributed by atoms with Gasteiger partial charge in [-0.05, 0) is 61.3 Å². The Morgan fingerprint density at radius 1 is 1.03 bits per heavy atom. The molecule has 3 aliphatic rings. The molecular formula is C27H35F3N2O5. The molecule has 204 valence electrons. The molecule has 10 heteroatoms. The van der Waals surface area contributed by atoms with Crippen LogP contribution in [-0.4, -0.2) is 87.3 Å². The zero-order chi connectivity index (χ0) is 26.2. The number of piperidine rings is 1. The number of ether oxygens (including phenoxy) is 3. The van der Waals surface area contributed by atoms with Crippen molar-refractivity contribution in [2.75, 3.05) is 59.3 Å². The number of benzene rings is 1. The van der Waals surface area contributed by atoms with Crippen LogP contribution in [0, 0.1) is 17.7 Å². The van der Waals surface area contributed by atoms with Crippen LogP contribution < -0.4 is 4.74 Å². The Kier molecular flexibility index (Phi) is 9.71. The number of alkyl halides is 2. The largest absolute Gasteiger partial charge is 0.490 e. The third-order valence-electron chi connectivity index (χ3n) is 7.34. The van der Waals surface area contributed by atoms with Crippen LogP contribution in [0.3, 0.4) is 0 Å². The minimum Gasteiger partial charge on any atom is -0.490 e. The molecular weight excluding hydrogens is 489 g/mol. The average Bonchev–Trinajstić information content (AvgIpc) is 2.95. The number of hydrogen-bond acceptors (Lipinski definition) is 5. The third-order valence-corrected chi connectivity index (χ3v) is 7.34. The average molecular weight is 525 g/mol. The van der Waals surface area contributed by atoms with Crippen LogP contribution in [0.4, 0.5) is 18.0 Å². The number of likely N-dealkylation sites (tertiary alicyclic amines) is 1. The SMILES string of the molecule is O=C(OC(CF)CF)N1CCC(COc2ccc(C3=CCC(C(=O)N4CCOCC4)CC3)cc2F)CC1. The number of nitrogens with zero attached hydrogens (tertiary/aromatic N) is 2. The lowest BCUT2D eigenvalue weighted by molar-refractivity contribution is -0.139. The predicted octanol–water partition coefficient (Wildman–Crippen LogP) is 4.40. The van der Waals surface area contributed by atoms with Gasteiger partial charge in [0.25, 0.3) is 0 Å². The first-order valence-corrected chi connectivity index (χ1v) is 13.0. The zero-order valence-electron chi connectivity index (χ0n) is 21.0. The highest BCUT2D eigenvalue weighted by molar-refractivity contribution is 5.81. The van der Waals surface area contributed by atoms with E-state index in [4.69, 9.17) is 14.2 Å². The monoisotopic (exact) mass is 524 g/mol. The summed E-state index contributed by atoms with van der Waals surface area (Å²) in [5, 5.41) is 0. The van der Waals surface area contributed by atoms with Crippen LogP contribution in [0.5, 0.6) is 5.75 Å². The Labute approximate surface area is 215 Å². The van der Waals surface area contributed by atoms with Crippen molar-refractivity contribution in [3.63, 3.8) is 0 Å². The number of halogens is 3. The van der Waals surface area contributed by atoms with Gasteiger partial charge >= 0.3 is 6.09 Å². The summed E-state index contributed by atoms with van der Waals surface area (Å²) in [4.78, 5) is 28.0. The number of rotatable bonds is 8. The first-order valence-electron chi connectivity index (χ1n) is 13.0. The van der Waals surface area contributed by atoms with E-state index in [1.165, 1.54) is 11.0 Å². The second-order valence-corrected chi connectivity index (χ2v) is 9.84. The molecule has 1 atom stereocenters. The Bertz CT molecular complexity index is 957. The summed E-state index contributed by atoms with van der Waals surface area (Å²) in [7, 11) is 0. The quantitative estimate of drug-likeness (QED) is 0.504. The number of carbonyl (C=O) groups is 2. The van der Waals surface area contributed by atoms with Gasteiger partial charge in [0.05, 0.1) is 19.8 Å². The van der Waals surface area contributed by atoms with Gasteiger partial charge in [0, 0.05) is 32.1 Å². The molecule has 1 unspecified atom stereocenters. The summed E-state index contributed by atoms with van der Waals surface area (Å²) < 4.78 is 55.8. The maximum Gasteiger partial charge on any atom is 0.410 e.